The molecule has 1 unspecified atom stereocenters. The highest BCUT2D eigenvalue weighted by atomic mass is 16.4. The van der Waals surface area contributed by atoms with Crippen molar-refractivity contribution >= 4 is 11.9 Å². The Hall–Kier alpha value is -2.56. The first-order valence-electron chi connectivity index (χ1n) is 7.66. The first-order chi connectivity index (χ1) is 11.0. The number of carboxylic acids is 1. The predicted octanol–water partition coefficient (Wildman–Crippen LogP) is 3.23. The van der Waals surface area contributed by atoms with Gasteiger partial charge in [-0.1, -0.05) is 38.1 Å². The van der Waals surface area contributed by atoms with Crippen LogP contribution in [0.3, 0.4) is 0 Å². The van der Waals surface area contributed by atoms with Crippen LogP contribution in [0, 0.1) is 0 Å². The Morgan fingerprint density at radius 3 is 2.70 bits per heavy atom. The lowest BCUT2D eigenvalue weighted by molar-refractivity contribution is -0.139. The van der Waals surface area contributed by atoms with Gasteiger partial charge in [-0.15, -0.1) is 0 Å². The summed E-state index contributed by atoms with van der Waals surface area (Å²) in [6.45, 7) is 4.54. The molecule has 120 valence electrons. The van der Waals surface area contributed by atoms with E-state index in [0.717, 1.165) is 16.7 Å². The van der Waals surface area contributed by atoms with E-state index in [1.54, 1.807) is 11.0 Å². The molecule has 1 aromatic carbocycles. The van der Waals surface area contributed by atoms with E-state index in [2.05, 4.69) is 0 Å². The van der Waals surface area contributed by atoms with Crippen molar-refractivity contribution in [2.75, 3.05) is 6.54 Å². The molecule has 0 saturated carbocycles. The Morgan fingerprint density at radius 1 is 1.26 bits per heavy atom. The minimum atomic E-state index is -0.918. The van der Waals surface area contributed by atoms with Crippen LogP contribution in [0.1, 0.15) is 52.9 Å². The van der Waals surface area contributed by atoms with Crippen LogP contribution < -0.4 is 0 Å². The first-order valence-corrected chi connectivity index (χ1v) is 7.66. The fourth-order valence-corrected chi connectivity index (χ4v) is 3.06. The third-order valence-corrected chi connectivity index (χ3v) is 4.29. The largest absolute Gasteiger partial charge is 0.481 e. The van der Waals surface area contributed by atoms with E-state index >= 15 is 0 Å². The van der Waals surface area contributed by atoms with E-state index in [1.807, 2.05) is 38.1 Å². The Kier molecular flexibility index (Phi) is 3.94. The minimum absolute atomic E-state index is 0.156. The molecule has 1 atom stereocenters. The number of aliphatic carboxylic acids is 1. The topological polar surface area (TPSA) is 70.8 Å². The van der Waals surface area contributed by atoms with Gasteiger partial charge in [-0.2, -0.15) is 0 Å². The summed E-state index contributed by atoms with van der Waals surface area (Å²) in [7, 11) is 0. The van der Waals surface area contributed by atoms with Crippen molar-refractivity contribution in [2.45, 2.75) is 32.2 Å². The summed E-state index contributed by atoms with van der Waals surface area (Å²) in [6, 6.07) is 9.18. The van der Waals surface area contributed by atoms with Crippen LogP contribution in [0.4, 0.5) is 0 Å². The van der Waals surface area contributed by atoms with Crippen molar-refractivity contribution in [3.63, 3.8) is 0 Å². The van der Waals surface area contributed by atoms with Crippen LogP contribution in [0.5, 0.6) is 0 Å². The van der Waals surface area contributed by atoms with E-state index < -0.39 is 11.9 Å². The van der Waals surface area contributed by atoms with Crippen LogP contribution in [0.2, 0.25) is 0 Å². The number of carbonyl (C=O) groups excluding carboxylic acids is 1. The molecule has 2 aromatic rings. The molecule has 23 heavy (non-hydrogen) atoms. The summed E-state index contributed by atoms with van der Waals surface area (Å²) in [4.78, 5) is 26.0. The van der Waals surface area contributed by atoms with Crippen molar-refractivity contribution in [1.29, 1.82) is 0 Å². The van der Waals surface area contributed by atoms with E-state index in [0.29, 0.717) is 12.3 Å². The molecule has 1 aliphatic heterocycles. The number of benzene rings is 1. The highest BCUT2D eigenvalue weighted by Crippen LogP contribution is 2.31. The highest BCUT2D eigenvalue weighted by Gasteiger charge is 2.34. The number of rotatable bonds is 3. The number of furan rings is 1. The number of fused-ring (bicyclic) bond motifs is 1. The van der Waals surface area contributed by atoms with Gasteiger partial charge in [-0.3, -0.25) is 9.59 Å². The summed E-state index contributed by atoms with van der Waals surface area (Å²) in [5, 5.41) is 9.50. The minimum Gasteiger partial charge on any atom is -0.481 e. The number of amides is 1. The number of carboxylic acid groups (broad SMARTS) is 1. The average molecular weight is 313 g/mol. The van der Waals surface area contributed by atoms with Crippen molar-refractivity contribution < 1.29 is 19.1 Å². The fourth-order valence-electron chi connectivity index (χ4n) is 3.06. The van der Waals surface area contributed by atoms with Crippen LogP contribution in [0.25, 0.3) is 0 Å². The summed E-state index contributed by atoms with van der Waals surface area (Å²) < 4.78 is 5.39. The molecule has 0 fully saturated rings. The fraction of sp³-hybridized carbons (Fsp3) is 0.333. The summed E-state index contributed by atoms with van der Waals surface area (Å²) in [5.41, 5.74) is 2.51. The molecule has 3 rings (SSSR count). The predicted molar refractivity (Wildman–Crippen MR) is 84.4 cm³/mol. The van der Waals surface area contributed by atoms with E-state index in [1.165, 1.54) is 6.26 Å². The summed E-state index contributed by atoms with van der Waals surface area (Å²) in [6.07, 6.45) is 1.51. The zero-order chi connectivity index (χ0) is 16.6. The Labute approximate surface area is 134 Å². The Morgan fingerprint density at radius 2 is 2.00 bits per heavy atom. The number of nitrogens with zero attached hydrogens (tertiary/aromatic N) is 1. The van der Waals surface area contributed by atoms with Gasteiger partial charge in [0.05, 0.1) is 12.2 Å². The van der Waals surface area contributed by atoms with Gasteiger partial charge in [0.25, 0.3) is 5.91 Å². The lowest BCUT2D eigenvalue weighted by Gasteiger charge is -2.32. The maximum absolute atomic E-state index is 12.8. The van der Waals surface area contributed by atoms with Crippen molar-refractivity contribution in [1.82, 2.24) is 4.90 Å². The molecule has 0 radical (unpaired) electrons. The normalized spacial score (nSPS) is 17.2. The molecule has 0 saturated heterocycles. The molecule has 0 aliphatic carbocycles. The summed E-state index contributed by atoms with van der Waals surface area (Å²) in [5.74, 6) is -1.40. The van der Waals surface area contributed by atoms with Crippen molar-refractivity contribution in [3.05, 3.63) is 59.0 Å². The lowest BCUT2D eigenvalue weighted by atomic mass is 9.89. The maximum Gasteiger partial charge on any atom is 0.312 e. The van der Waals surface area contributed by atoms with Crippen LogP contribution in [-0.4, -0.2) is 28.4 Å². The smallest absolute Gasteiger partial charge is 0.312 e. The van der Waals surface area contributed by atoms with Gasteiger partial charge in [0.2, 0.25) is 0 Å². The van der Waals surface area contributed by atoms with Gasteiger partial charge in [-0.05, 0) is 23.1 Å². The molecule has 5 nitrogen and oxygen atoms in total. The second kappa shape index (κ2) is 5.91. The van der Waals surface area contributed by atoms with Crippen LogP contribution in [-0.2, 0) is 11.3 Å². The molecule has 1 amide bonds. The molecule has 2 heterocycles. The van der Waals surface area contributed by atoms with Crippen LogP contribution in [0.15, 0.2) is 41.0 Å². The van der Waals surface area contributed by atoms with Gasteiger partial charge in [0, 0.05) is 18.7 Å². The maximum atomic E-state index is 12.8. The molecule has 5 heteroatoms. The number of hydrogen-bond acceptors (Lipinski definition) is 3. The molecule has 0 spiro atoms. The standard InChI is InChI=1S/C18H19NO4/c1-11(2)13-7-8-23-16(13)17(20)19-9-12-5-3-4-6-14(12)15(10-19)18(21)22/h3-8,11,15H,9-10H2,1-2H3,(H,21,22). The van der Waals surface area contributed by atoms with Crippen LogP contribution >= 0.6 is 0 Å². The van der Waals surface area contributed by atoms with E-state index in [9.17, 15) is 14.7 Å². The molecular weight excluding hydrogens is 294 g/mol. The van der Waals surface area contributed by atoms with Crippen molar-refractivity contribution in [3.8, 4) is 0 Å². The van der Waals surface area contributed by atoms with E-state index in [-0.39, 0.29) is 18.4 Å². The number of carbonyl (C=O) groups is 2. The van der Waals surface area contributed by atoms with Gasteiger partial charge in [-0.25, -0.2) is 0 Å². The zero-order valence-electron chi connectivity index (χ0n) is 13.2. The third kappa shape index (κ3) is 2.74. The Balaban J connectivity index is 1.94. The molecule has 1 aromatic heterocycles. The quantitative estimate of drug-likeness (QED) is 0.944. The molecule has 1 N–H and O–H groups in total. The second-order valence-electron chi connectivity index (χ2n) is 6.14. The van der Waals surface area contributed by atoms with Gasteiger partial charge < -0.3 is 14.4 Å². The Bertz CT molecular complexity index is 747. The van der Waals surface area contributed by atoms with Gasteiger partial charge >= 0.3 is 5.97 Å². The third-order valence-electron chi connectivity index (χ3n) is 4.29. The molecular formula is C18H19NO4. The second-order valence-corrected chi connectivity index (χ2v) is 6.14. The summed E-state index contributed by atoms with van der Waals surface area (Å²) >= 11 is 0. The first kappa shape index (κ1) is 15.3. The SMILES string of the molecule is CC(C)c1ccoc1C(=O)N1Cc2ccccc2C(C(=O)O)C1. The van der Waals surface area contributed by atoms with Crippen molar-refractivity contribution in [2.24, 2.45) is 0 Å². The van der Waals surface area contributed by atoms with Gasteiger partial charge in [0.1, 0.15) is 0 Å². The molecule has 1 aliphatic rings. The van der Waals surface area contributed by atoms with E-state index in [4.69, 9.17) is 4.42 Å². The average Bonchev–Trinajstić information content (AvgIpc) is 3.02. The number of hydrogen-bond donors (Lipinski definition) is 1. The molecule has 0 bridgehead atoms. The zero-order valence-corrected chi connectivity index (χ0v) is 13.2. The lowest BCUT2D eigenvalue weighted by Crippen LogP contribution is -2.40. The van der Waals surface area contributed by atoms with Gasteiger partial charge in [0.15, 0.2) is 5.76 Å². The highest BCUT2D eigenvalue weighted by molar-refractivity contribution is 5.94. The monoisotopic (exact) mass is 313 g/mol.